The summed E-state index contributed by atoms with van der Waals surface area (Å²) in [6.07, 6.45) is 1.75. The van der Waals surface area contributed by atoms with Crippen molar-refractivity contribution >= 4 is 17.7 Å². The van der Waals surface area contributed by atoms with Crippen molar-refractivity contribution < 1.29 is 0 Å². The molecule has 0 aliphatic heterocycles. The van der Waals surface area contributed by atoms with Crippen LogP contribution in [0.2, 0.25) is 0 Å². The third-order valence-corrected chi connectivity index (χ3v) is 2.85. The monoisotopic (exact) mass is 250 g/mol. The van der Waals surface area contributed by atoms with Crippen molar-refractivity contribution in [2.45, 2.75) is 24.8 Å². The number of H-pyrrole nitrogens is 1. The van der Waals surface area contributed by atoms with Gasteiger partial charge in [0.1, 0.15) is 5.82 Å². The van der Waals surface area contributed by atoms with Gasteiger partial charge in [-0.05, 0) is 19.9 Å². The molecule has 7 heteroatoms. The molecular weight excluding hydrogens is 236 g/mol. The summed E-state index contributed by atoms with van der Waals surface area (Å²) in [5.74, 6) is 2.22. The molecule has 2 aromatic rings. The molecule has 0 unspecified atom stereocenters. The smallest absolute Gasteiger partial charge is 0.222 e. The van der Waals surface area contributed by atoms with Gasteiger partial charge in [-0.15, -0.1) is 5.10 Å². The number of aromatic amines is 1. The summed E-state index contributed by atoms with van der Waals surface area (Å²) in [6, 6.07) is 1.90. The van der Waals surface area contributed by atoms with Crippen molar-refractivity contribution in [2.75, 3.05) is 11.9 Å². The molecule has 0 saturated carbocycles. The highest BCUT2D eigenvalue weighted by atomic mass is 32.2. The average Bonchev–Trinajstić information content (AvgIpc) is 2.74. The molecule has 2 aromatic heterocycles. The van der Waals surface area contributed by atoms with Gasteiger partial charge in [0.25, 0.3) is 0 Å². The molecule has 0 aromatic carbocycles. The van der Waals surface area contributed by atoms with Gasteiger partial charge in [0, 0.05) is 18.5 Å². The number of aromatic nitrogens is 5. The summed E-state index contributed by atoms with van der Waals surface area (Å²) >= 11 is 1.55. The highest BCUT2D eigenvalue weighted by molar-refractivity contribution is 7.98. The van der Waals surface area contributed by atoms with E-state index in [2.05, 4.69) is 30.5 Å². The Morgan fingerprint density at radius 2 is 2.29 bits per heavy atom. The van der Waals surface area contributed by atoms with Crippen LogP contribution in [0.1, 0.15) is 18.4 Å². The van der Waals surface area contributed by atoms with Crippen LogP contribution in [0.25, 0.3) is 0 Å². The van der Waals surface area contributed by atoms with E-state index in [-0.39, 0.29) is 0 Å². The Bertz CT molecular complexity index is 483. The third kappa shape index (κ3) is 3.42. The first-order valence-electron chi connectivity index (χ1n) is 5.35. The zero-order chi connectivity index (χ0) is 12.1. The minimum Gasteiger partial charge on any atom is -0.354 e. The lowest BCUT2D eigenvalue weighted by atomic mass is 10.4. The van der Waals surface area contributed by atoms with E-state index >= 15 is 0 Å². The highest BCUT2D eigenvalue weighted by Crippen LogP contribution is 2.17. The molecule has 6 nitrogen and oxygen atoms in total. The maximum atomic E-state index is 4.38. The molecule has 17 heavy (non-hydrogen) atoms. The summed E-state index contributed by atoms with van der Waals surface area (Å²) in [5, 5.41) is 10.7. The first-order chi connectivity index (χ1) is 8.28. The number of hydrogen-bond donors (Lipinski definition) is 2. The van der Waals surface area contributed by atoms with Gasteiger partial charge in [0.2, 0.25) is 11.1 Å². The van der Waals surface area contributed by atoms with Crippen LogP contribution in [-0.2, 0) is 5.75 Å². The van der Waals surface area contributed by atoms with Crippen LogP contribution in [0.5, 0.6) is 0 Å². The van der Waals surface area contributed by atoms with Gasteiger partial charge in [-0.3, -0.25) is 5.10 Å². The summed E-state index contributed by atoms with van der Waals surface area (Å²) in [7, 11) is 0. The molecule has 0 aliphatic rings. The second kappa shape index (κ2) is 5.62. The molecule has 2 N–H and O–H groups in total. The maximum absolute atomic E-state index is 4.38. The van der Waals surface area contributed by atoms with Crippen LogP contribution in [-0.4, -0.2) is 31.7 Å². The highest BCUT2D eigenvalue weighted by Gasteiger charge is 2.03. The molecule has 0 amide bonds. The lowest BCUT2D eigenvalue weighted by Crippen LogP contribution is -2.03. The first kappa shape index (κ1) is 11.8. The van der Waals surface area contributed by atoms with Crippen LogP contribution < -0.4 is 5.32 Å². The van der Waals surface area contributed by atoms with Gasteiger partial charge in [-0.25, -0.2) is 15.0 Å². The Morgan fingerprint density at radius 3 is 3.00 bits per heavy atom. The number of nitrogens with zero attached hydrogens (tertiary/aromatic N) is 4. The fraction of sp³-hybridized carbons (Fsp3) is 0.400. The minimum atomic E-state index is 0.664. The molecule has 2 heterocycles. The van der Waals surface area contributed by atoms with Crippen molar-refractivity contribution in [3.8, 4) is 0 Å². The maximum Gasteiger partial charge on any atom is 0.222 e. The molecule has 0 bridgehead atoms. The Balaban J connectivity index is 1.96. The van der Waals surface area contributed by atoms with Crippen molar-refractivity contribution in [1.29, 1.82) is 0 Å². The van der Waals surface area contributed by atoms with Gasteiger partial charge in [-0.2, -0.15) is 0 Å². The van der Waals surface area contributed by atoms with Crippen molar-refractivity contribution in [3.05, 3.63) is 23.8 Å². The van der Waals surface area contributed by atoms with Crippen LogP contribution in [0.4, 0.5) is 5.95 Å². The summed E-state index contributed by atoms with van der Waals surface area (Å²) in [5.41, 5.74) is 0.961. The SMILES string of the molecule is CCNc1nccc(CSc2n[nH]c(C)n2)n1. The fourth-order valence-electron chi connectivity index (χ4n) is 1.24. The van der Waals surface area contributed by atoms with Gasteiger partial charge < -0.3 is 5.32 Å². The van der Waals surface area contributed by atoms with E-state index in [1.54, 1.807) is 18.0 Å². The van der Waals surface area contributed by atoms with E-state index in [1.165, 1.54) is 0 Å². The molecule has 0 aliphatic carbocycles. The van der Waals surface area contributed by atoms with E-state index in [9.17, 15) is 0 Å². The number of hydrogen-bond acceptors (Lipinski definition) is 6. The Labute approximate surface area is 104 Å². The number of aryl methyl sites for hydroxylation is 1. The zero-order valence-corrected chi connectivity index (χ0v) is 10.6. The number of rotatable bonds is 5. The summed E-state index contributed by atoms with van der Waals surface area (Å²) in [4.78, 5) is 12.7. The molecule has 0 radical (unpaired) electrons. The van der Waals surface area contributed by atoms with Gasteiger partial charge in [0.15, 0.2) is 0 Å². The first-order valence-corrected chi connectivity index (χ1v) is 6.34. The molecule has 0 atom stereocenters. The summed E-state index contributed by atoms with van der Waals surface area (Å²) in [6.45, 7) is 4.71. The van der Waals surface area contributed by atoms with E-state index in [0.29, 0.717) is 5.95 Å². The van der Waals surface area contributed by atoms with Crippen LogP contribution in [0, 0.1) is 6.92 Å². The Kier molecular flexibility index (Phi) is 3.92. The van der Waals surface area contributed by atoms with E-state index in [0.717, 1.165) is 29.0 Å². The fourth-order valence-corrected chi connectivity index (χ4v) is 1.99. The normalized spacial score (nSPS) is 10.5. The standard InChI is InChI=1S/C10H14N6S/c1-3-11-9-12-5-4-8(14-9)6-17-10-13-7(2)15-16-10/h4-5H,3,6H2,1-2H3,(H,11,12,14)(H,13,15,16). The lowest BCUT2D eigenvalue weighted by molar-refractivity contribution is 0.966. The van der Waals surface area contributed by atoms with Crippen molar-refractivity contribution in [2.24, 2.45) is 0 Å². The molecule has 90 valence electrons. The Hall–Kier alpha value is -1.63. The summed E-state index contributed by atoms with van der Waals surface area (Å²) < 4.78 is 0. The van der Waals surface area contributed by atoms with Crippen molar-refractivity contribution in [1.82, 2.24) is 25.1 Å². The lowest BCUT2D eigenvalue weighted by Gasteiger charge is -2.02. The molecule has 0 spiro atoms. The third-order valence-electron chi connectivity index (χ3n) is 1.97. The van der Waals surface area contributed by atoms with Crippen LogP contribution >= 0.6 is 11.8 Å². The second-order valence-electron chi connectivity index (χ2n) is 3.39. The number of anilines is 1. The van der Waals surface area contributed by atoms with Gasteiger partial charge in [0.05, 0.1) is 5.69 Å². The minimum absolute atomic E-state index is 0.664. The largest absolute Gasteiger partial charge is 0.354 e. The molecule has 0 fully saturated rings. The van der Waals surface area contributed by atoms with E-state index in [1.807, 2.05) is 19.9 Å². The number of nitrogens with one attached hydrogen (secondary N) is 2. The van der Waals surface area contributed by atoms with Crippen LogP contribution in [0.3, 0.4) is 0 Å². The number of thioether (sulfide) groups is 1. The Morgan fingerprint density at radius 1 is 1.41 bits per heavy atom. The van der Waals surface area contributed by atoms with Crippen LogP contribution in [0.15, 0.2) is 17.4 Å². The molecular formula is C10H14N6S. The quantitative estimate of drug-likeness (QED) is 0.785. The second-order valence-corrected chi connectivity index (χ2v) is 4.34. The molecule has 0 saturated heterocycles. The van der Waals surface area contributed by atoms with Gasteiger partial charge >= 0.3 is 0 Å². The van der Waals surface area contributed by atoms with Crippen molar-refractivity contribution in [3.63, 3.8) is 0 Å². The zero-order valence-electron chi connectivity index (χ0n) is 9.77. The predicted molar refractivity (Wildman–Crippen MR) is 66.9 cm³/mol. The average molecular weight is 250 g/mol. The topological polar surface area (TPSA) is 79.4 Å². The molecule has 2 rings (SSSR count). The van der Waals surface area contributed by atoms with E-state index in [4.69, 9.17) is 0 Å². The van der Waals surface area contributed by atoms with Gasteiger partial charge in [-0.1, -0.05) is 11.8 Å². The predicted octanol–water partition coefficient (Wildman–Crippen LogP) is 1.63. The van der Waals surface area contributed by atoms with E-state index < -0.39 is 0 Å².